The van der Waals surface area contributed by atoms with E-state index in [1.165, 1.54) is 13.2 Å². The van der Waals surface area contributed by atoms with Crippen LogP contribution in [0.25, 0.3) is 0 Å². The van der Waals surface area contributed by atoms with Crippen molar-refractivity contribution in [3.63, 3.8) is 0 Å². The molecule has 0 aliphatic carbocycles. The molecule has 0 atom stereocenters. The Balaban J connectivity index is 3.39. The lowest BCUT2D eigenvalue weighted by molar-refractivity contribution is -0.387. The minimum atomic E-state index is -0.600. The van der Waals surface area contributed by atoms with Gasteiger partial charge in [-0.1, -0.05) is 6.92 Å². The van der Waals surface area contributed by atoms with Crippen LogP contribution >= 0.6 is 0 Å². The number of ether oxygens (including phenoxy) is 1. The molecule has 0 radical (unpaired) electrons. The molecule has 1 aromatic heterocycles. The van der Waals surface area contributed by atoms with Crippen LogP contribution in [0.3, 0.4) is 0 Å². The number of nitro groups is 1. The summed E-state index contributed by atoms with van der Waals surface area (Å²) >= 11 is 0. The monoisotopic (exact) mass is 212 g/mol. The van der Waals surface area contributed by atoms with Gasteiger partial charge in [-0.2, -0.15) is 0 Å². The van der Waals surface area contributed by atoms with Gasteiger partial charge in [0.05, 0.1) is 24.2 Å². The molecule has 0 aliphatic heterocycles. The third kappa shape index (κ3) is 2.21. The summed E-state index contributed by atoms with van der Waals surface area (Å²) in [6.45, 7) is 1.47. The Bertz CT molecular complexity index is 353. The third-order valence-corrected chi connectivity index (χ3v) is 2.00. The maximum absolute atomic E-state index is 10.7. The number of hydrogen-bond donors (Lipinski definition) is 1. The first-order chi connectivity index (χ1) is 7.13. The molecule has 0 spiro atoms. The molecule has 82 valence electrons. The van der Waals surface area contributed by atoms with E-state index in [4.69, 9.17) is 9.84 Å². The molecule has 1 aromatic rings. The second-order valence-corrected chi connectivity index (χ2v) is 2.90. The van der Waals surface area contributed by atoms with Gasteiger partial charge in [0.2, 0.25) is 0 Å². The van der Waals surface area contributed by atoms with Crippen molar-refractivity contribution in [1.29, 1.82) is 0 Å². The van der Waals surface area contributed by atoms with Crippen LogP contribution < -0.4 is 4.74 Å². The zero-order valence-electron chi connectivity index (χ0n) is 8.56. The van der Waals surface area contributed by atoms with Crippen LogP contribution in [0.15, 0.2) is 6.07 Å². The number of rotatable bonds is 4. The van der Waals surface area contributed by atoms with Crippen molar-refractivity contribution in [2.24, 2.45) is 0 Å². The fraction of sp³-hybridized carbons (Fsp3) is 0.444. The van der Waals surface area contributed by atoms with Crippen LogP contribution in [0.2, 0.25) is 0 Å². The highest BCUT2D eigenvalue weighted by Gasteiger charge is 2.22. The van der Waals surface area contributed by atoms with E-state index in [0.29, 0.717) is 12.1 Å². The van der Waals surface area contributed by atoms with Gasteiger partial charge in [-0.25, -0.2) is 4.98 Å². The van der Waals surface area contributed by atoms with Gasteiger partial charge < -0.3 is 9.84 Å². The molecule has 6 nitrogen and oxygen atoms in total. The number of pyridine rings is 1. The highest BCUT2D eigenvalue weighted by atomic mass is 16.6. The summed E-state index contributed by atoms with van der Waals surface area (Å²) in [6, 6.07) is 1.51. The SMILES string of the molecule is CCc1cc(CO)c([N+](=O)[O-])c(OC)n1. The number of nitrogens with zero attached hydrogens (tertiary/aromatic N) is 2. The molecule has 1 rings (SSSR count). The molecular formula is C9H12N2O4. The van der Waals surface area contributed by atoms with Gasteiger partial charge in [-0.3, -0.25) is 10.1 Å². The van der Waals surface area contributed by atoms with Crippen molar-refractivity contribution < 1.29 is 14.8 Å². The molecule has 0 aliphatic rings. The molecule has 1 heterocycles. The van der Waals surface area contributed by atoms with E-state index in [0.717, 1.165) is 0 Å². The van der Waals surface area contributed by atoms with Crippen LogP contribution in [0.1, 0.15) is 18.2 Å². The maximum Gasteiger partial charge on any atom is 0.336 e. The highest BCUT2D eigenvalue weighted by molar-refractivity contribution is 5.49. The topological polar surface area (TPSA) is 85.5 Å². The van der Waals surface area contributed by atoms with Gasteiger partial charge in [0.25, 0.3) is 5.88 Å². The van der Waals surface area contributed by atoms with Gasteiger partial charge in [-0.15, -0.1) is 0 Å². The lowest BCUT2D eigenvalue weighted by Crippen LogP contribution is -2.03. The summed E-state index contributed by atoms with van der Waals surface area (Å²) in [5.41, 5.74) is 0.613. The summed E-state index contributed by atoms with van der Waals surface area (Å²) in [5.74, 6) is -0.0524. The van der Waals surface area contributed by atoms with Gasteiger partial charge in [0.1, 0.15) is 0 Å². The zero-order chi connectivity index (χ0) is 11.4. The number of aromatic nitrogens is 1. The minimum absolute atomic E-state index is 0.0524. The van der Waals surface area contributed by atoms with E-state index >= 15 is 0 Å². The fourth-order valence-electron chi connectivity index (χ4n) is 1.26. The smallest absolute Gasteiger partial charge is 0.336 e. The summed E-state index contributed by atoms with van der Waals surface area (Å²) < 4.78 is 4.83. The van der Waals surface area contributed by atoms with E-state index in [2.05, 4.69) is 4.98 Å². The standard InChI is InChI=1S/C9H12N2O4/c1-3-7-4-6(5-12)8(11(13)14)9(10-7)15-2/h4,12H,3,5H2,1-2H3. The highest BCUT2D eigenvalue weighted by Crippen LogP contribution is 2.29. The van der Waals surface area contributed by atoms with E-state index in [1.54, 1.807) is 0 Å². The Kier molecular flexibility index (Phi) is 3.56. The van der Waals surface area contributed by atoms with Gasteiger partial charge in [-0.05, 0) is 12.5 Å². The normalized spacial score (nSPS) is 10.1. The Morgan fingerprint density at radius 3 is 2.73 bits per heavy atom. The van der Waals surface area contributed by atoms with Crippen molar-refractivity contribution in [2.75, 3.05) is 7.11 Å². The van der Waals surface area contributed by atoms with Crippen LogP contribution in [-0.4, -0.2) is 22.1 Å². The Morgan fingerprint density at radius 1 is 1.67 bits per heavy atom. The van der Waals surface area contributed by atoms with Crippen LogP contribution in [0.4, 0.5) is 5.69 Å². The quantitative estimate of drug-likeness (QED) is 0.595. The molecule has 0 bridgehead atoms. The number of hydrogen-bond acceptors (Lipinski definition) is 5. The van der Waals surface area contributed by atoms with E-state index in [1.807, 2.05) is 6.92 Å². The predicted octanol–water partition coefficient (Wildman–Crippen LogP) is 1.05. The average molecular weight is 212 g/mol. The van der Waals surface area contributed by atoms with Gasteiger partial charge in [0.15, 0.2) is 0 Å². The number of aliphatic hydroxyl groups is 1. The molecule has 1 N–H and O–H groups in total. The van der Waals surface area contributed by atoms with Crippen molar-refractivity contribution in [2.45, 2.75) is 20.0 Å². The third-order valence-electron chi connectivity index (χ3n) is 2.00. The first-order valence-electron chi connectivity index (χ1n) is 4.46. The molecule has 0 aromatic carbocycles. The second-order valence-electron chi connectivity index (χ2n) is 2.90. The lowest BCUT2D eigenvalue weighted by atomic mass is 10.1. The maximum atomic E-state index is 10.7. The molecule has 0 saturated carbocycles. The van der Waals surface area contributed by atoms with Crippen LogP contribution in [0, 0.1) is 10.1 Å². The van der Waals surface area contributed by atoms with Crippen molar-refractivity contribution in [3.8, 4) is 5.88 Å². The Labute approximate surface area is 86.7 Å². The molecule has 0 amide bonds. The number of aliphatic hydroxyl groups excluding tert-OH is 1. The largest absolute Gasteiger partial charge is 0.476 e. The van der Waals surface area contributed by atoms with Crippen LogP contribution in [-0.2, 0) is 13.0 Å². The number of aryl methyl sites for hydroxylation is 1. The van der Waals surface area contributed by atoms with E-state index in [-0.39, 0.29) is 17.1 Å². The van der Waals surface area contributed by atoms with Crippen molar-refractivity contribution in [1.82, 2.24) is 4.98 Å². The molecule has 0 unspecified atom stereocenters. The van der Waals surface area contributed by atoms with E-state index in [9.17, 15) is 10.1 Å². The molecule has 0 fully saturated rings. The van der Waals surface area contributed by atoms with Gasteiger partial charge >= 0.3 is 5.69 Å². The molecule has 0 saturated heterocycles. The zero-order valence-corrected chi connectivity index (χ0v) is 8.56. The van der Waals surface area contributed by atoms with Gasteiger partial charge in [0, 0.05) is 5.69 Å². The van der Waals surface area contributed by atoms with Crippen molar-refractivity contribution >= 4 is 5.69 Å². The summed E-state index contributed by atoms with van der Waals surface area (Å²) in [6.07, 6.45) is 0.626. The summed E-state index contributed by atoms with van der Waals surface area (Å²) in [7, 11) is 1.32. The Hall–Kier alpha value is -1.69. The van der Waals surface area contributed by atoms with E-state index < -0.39 is 11.5 Å². The lowest BCUT2D eigenvalue weighted by Gasteiger charge is -2.06. The predicted molar refractivity (Wildman–Crippen MR) is 52.7 cm³/mol. The fourth-order valence-corrected chi connectivity index (χ4v) is 1.26. The first-order valence-corrected chi connectivity index (χ1v) is 4.46. The summed E-state index contributed by atoms with van der Waals surface area (Å²) in [5, 5.41) is 19.8. The second kappa shape index (κ2) is 4.70. The van der Waals surface area contributed by atoms with Crippen LogP contribution in [0.5, 0.6) is 5.88 Å². The molecule has 15 heavy (non-hydrogen) atoms. The summed E-state index contributed by atoms with van der Waals surface area (Å²) in [4.78, 5) is 14.1. The van der Waals surface area contributed by atoms with Crippen molar-refractivity contribution in [3.05, 3.63) is 27.4 Å². The first kappa shape index (κ1) is 11.4. The Morgan fingerprint density at radius 2 is 2.33 bits per heavy atom. The number of methoxy groups -OCH3 is 1. The molecular weight excluding hydrogens is 200 g/mol. The molecule has 6 heteroatoms. The minimum Gasteiger partial charge on any atom is -0.476 e. The average Bonchev–Trinajstić information content (AvgIpc) is 2.26.